The number of hydrogen-bond donors (Lipinski definition) is 1. The van der Waals surface area contributed by atoms with Crippen molar-refractivity contribution in [2.24, 2.45) is 0 Å². The number of benzene rings is 1. The van der Waals surface area contributed by atoms with Gasteiger partial charge in [0, 0.05) is 28.0 Å². The van der Waals surface area contributed by atoms with E-state index in [2.05, 4.69) is 4.98 Å². The first-order valence-corrected chi connectivity index (χ1v) is 5.13. The molecule has 1 heterocycles. The molecule has 5 heteroatoms. The first-order valence-electron chi connectivity index (χ1n) is 4.38. The number of hydrogen-bond acceptors (Lipinski definition) is 2. The molecular formula is C10H9Cl2N3. The number of aromatic nitrogens is 2. The summed E-state index contributed by atoms with van der Waals surface area (Å²) in [5.74, 6) is 0.450. The highest BCUT2D eigenvalue weighted by atomic mass is 35.5. The van der Waals surface area contributed by atoms with E-state index < -0.39 is 0 Å². The quantitative estimate of drug-likeness (QED) is 0.879. The van der Waals surface area contributed by atoms with Gasteiger partial charge in [-0.25, -0.2) is 4.98 Å². The minimum Gasteiger partial charge on any atom is -0.369 e. The maximum atomic E-state index is 6.04. The largest absolute Gasteiger partial charge is 0.369 e. The van der Waals surface area contributed by atoms with Crippen molar-refractivity contribution in [3.63, 3.8) is 0 Å². The lowest BCUT2D eigenvalue weighted by Crippen LogP contribution is -2.04. The summed E-state index contributed by atoms with van der Waals surface area (Å²) in [6.07, 6.45) is 3.43. The summed E-state index contributed by atoms with van der Waals surface area (Å²) in [5.41, 5.74) is 6.51. The summed E-state index contributed by atoms with van der Waals surface area (Å²) in [6, 6.07) is 5.41. The summed E-state index contributed by atoms with van der Waals surface area (Å²) in [7, 11) is 0. The van der Waals surface area contributed by atoms with Crippen molar-refractivity contribution in [1.82, 2.24) is 9.55 Å². The van der Waals surface area contributed by atoms with Gasteiger partial charge in [-0.1, -0.05) is 29.3 Å². The van der Waals surface area contributed by atoms with Crippen molar-refractivity contribution in [3.8, 4) is 0 Å². The summed E-state index contributed by atoms with van der Waals surface area (Å²) in [5, 5.41) is 1.27. The van der Waals surface area contributed by atoms with Crippen LogP contribution in [0.2, 0.25) is 10.0 Å². The molecule has 1 aromatic carbocycles. The van der Waals surface area contributed by atoms with Crippen LogP contribution in [0.15, 0.2) is 30.6 Å². The molecule has 0 amide bonds. The van der Waals surface area contributed by atoms with Crippen LogP contribution in [0.4, 0.5) is 5.95 Å². The van der Waals surface area contributed by atoms with Gasteiger partial charge in [-0.05, 0) is 12.1 Å². The predicted molar refractivity (Wildman–Crippen MR) is 62.2 cm³/mol. The second-order valence-electron chi connectivity index (χ2n) is 3.11. The predicted octanol–water partition coefficient (Wildman–Crippen LogP) is 2.82. The minimum atomic E-state index is 0.450. The molecule has 0 spiro atoms. The van der Waals surface area contributed by atoms with Crippen molar-refractivity contribution < 1.29 is 0 Å². The van der Waals surface area contributed by atoms with Crippen molar-refractivity contribution >= 4 is 29.2 Å². The average molecular weight is 242 g/mol. The van der Waals surface area contributed by atoms with Gasteiger partial charge in [-0.2, -0.15) is 0 Å². The van der Waals surface area contributed by atoms with E-state index in [1.165, 1.54) is 0 Å². The lowest BCUT2D eigenvalue weighted by Gasteiger charge is -2.08. The summed E-state index contributed by atoms with van der Waals surface area (Å²) in [6.45, 7) is 0.532. The minimum absolute atomic E-state index is 0.450. The van der Waals surface area contributed by atoms with Crippen LogP contribution in [0.25, 0.3) is 0 Å². The number of halogens is 2. The number of nitrogens with zero attached hydrogens (tertiary/aromatic N) is 2. The Morgan fingerprint density at radius 1 is 1.27 bits per heavy atom. The molecule has 0 atom stereocenters. The van der Waals surface area contributed by atoms with Crippen LogP contribution in [-0.2, 0) is 6.54 Å². The number of anilines is 1. The van der Waals surface area contributed by atoms with Gasteiger partial charge >= 0.3 is 0 Å². The zero-order valence-electron chi connectivity index (χ0n) is 7.82. The zero-order valence-corrected chi connectivity index (χ0v) is 9.33. The van der Waals surface area contributed by atoms with Gasteiger partial charge in [0.2, 0.25) is 0 Å². The number of rotatable bonds is 2. The highest BCUT2D eigenvalue weighted by molar-refractivity contribution is 6.35. The number of nitrogen functional groups attached to an aromatic ring is 1. The van der Waals surface area contributed by atoms with Crippen LogP contribution in [0.1, 0.15) is 5.56 Å². The molecule has 0 bridgehead atoms. The third-order valence-corrected chi connectivity index (χ3v) is 2.85. The SMILES string of the molecule is Nc1nccn1Cc1c(Cl)cccc1Cl. The Morgan fingerprint density at radius 3 is 2.47 bits per heavy atom. The molecule has 0 unspecified atom stereocenters. The van der Waals surface area contributed by atoms with Crippen molar-refractivity contribution in [2.75, 3.05) is 5.73 Å². The first kappa shape index (κ1) is 10.3. The molecule has 0 aliphatic carbocycles. The second kappa shape index (κ2) is 4.13. The Bertz CT molecular complexity index is 459. The third-order valence-electron chi connectivity index (χ3n) is 2.14. The van der Waals surface area contributed by atoms with Crippen molar-refractivity contribution in [3.05, 3.63) is 46.2 Å². The van der Waals surface area contributed by atoms with E-state index in [1.54, 1.807) is 29.1 Å². The fourth-order valence-corrected chi connectivity index (χ4v) is 1.85. The van der Waals surface area contributed by atoms with E-state index in [4.69, 9.17) is 28.9 Å². The highest BCUT2D eigenvalue weighted by Gasteiger charge is 2.07. The Hall–Kier alpha value is -1.19. The Morgan fingerprint density at radius 2 is 1.93 bits per heavy atom. The molecule has 2 aromatic rings. The maximum absolute atomic E-state index is 6.04. The van der Waals surface area contributed by atoms with Crippen LogP contribution >= 0.6 is 23.2 Å². The van der Waals surface area contributed by atoms with E-state index in [0.29, 0.717) is 22.5 Å². The molecular weight excluding hydrogens is 233 g/mol. The van der Waals surface area contributed by atoms with Crippen LogP contribution in [0.5, 0.6) is 0 Å². The van der Waals surface area contributed by atoms with E-state index in [1.807, 2.05) is 6.07 Å². The van der Waals surface area contributed by atoms with Crippen molar-refractivity contribution in [1.29, 1.82) is 0 Å². The van der Waals surface area contributed by atoms with Crippen LogP contribution < -0.4 is 5.73 Å². The van der Waals surface area contributed by atoms with E-state index in [0.717, 1.165) is 5.56 Å². The summed E-state index contributed by atoms with van der Waals surface area (Å²) >= 11 is 12.1. The van der Waals surface area contributed by atoms with Gasteiger partial charge in [0.05, 0.1) is 6.54 Å². The van der Waals surface area contributed by atoms with Crippen LogP contribution in [0.3, 0.4) is 0 Å². The molecule has 78 valence electrons. The normalized spacial score (nSPS) is 10.5. The Labute approximate surface area is 97.4 Å². The summed E-state index contributed by atoms with van der Waals surface area (Å²) in [4.78, 5) is 3.93. The number of nitrogens with two attached hydrogens (primary N) is 1. The molecule has 0 radical (unpaired) electrons. The summed E-state index contributed by atoms with van der Waals surface area (Å²) < 4.78 is 1.78. The number of imidazole rings is 1. The lowest BCUT2D eigenvalue weighted by atomic mass is 10.2. The van der Waals surface area contributed by atoms with Crippen molar-refractivity contribution in [2.45, 2.75) is 6.54 Å². The van der Waals surface area contributed by atoms with E-state index in [9.17, 15) is 0 Å². The molecule has 2 N–H and O–H groups in total. The van der Waals surface area contributed by atoms with Gasteiger partial charge in [-0.15, -0.1) is 0 Å². The molecule has 3 nitrogen and oxygen atoms in total. The fourth-order valence-electron chi connectivity index (χ4n) is 1.33. The van der Waals surface area contributed by atoms with Gasteiger partial charge in [0.25, 0.3) is 0 Å². The molecule has 0 aliphatic rings. The molecule has 0 saturated carbocycles. The van der Waals surface area contributed by atoms with Crippen LogP contribution in [-0.4, -0.2) is 9.55 Å². The van der Waals surface area contributed by atoms with Gasteiger partial charge in [0.15, 0.2) is 5.95 Å². The smallest absolute Gasteiger partial charge is 0.200 e. The van der Waals surface area contributed by atoms with Gasteiger partial charge in [-0.3, -0.25) is 0 Å². The molecule has 0 aliphatic heterocycles. The molecule has 1 aromatic heterocycles. The third kappa shape index (κ3) is 2.08. The van der Waals surface area contributed by atoms with Gasteiger partial charge in [0.1, 0.15) is 0 Å². The Balaban J connectivity index is 2.36. The monoisotopic (exact) mass is 241 g/mol. The maximum Gasteiger partial charge on any atom is 0.200 e. The lowest BCUT2D eigenvalue weighted by molar-refractivity contribution is 0.811. The first-order chi connectivity index (χ1) is 7.18. The molecule has 0 fully saturated rings. The molecule has 15 heavy (non-hydrogen) atoms. The standard InChI is InChI=1S/C10H9Cl2N3/c11-8-2-1-3-9(12)7(8)6-15-5-4-14-10(15)13/h1-5H,6H2,(H2,13,14). The van der Waals surface area contributed by atoms with Crippen LogP contribution in [0, 0.1) is 0 Å². The zero-order chi connectivity index (χ0) is 10.8. The topological polar surface area (TPSA) is 43.8 Å². The average Bonchev–Trinajstić information content (AvgIpc) is 2.58. The molecule has 2 rings (SSSR count). The molecule has 0 saturated heterocycles. The fraction of sp³-hybridized carbons (Fsp3) is 0.100. The van der Waals surface area contributed by atoms with E-state index >= 15 is 0 Å². The second-order valence-corrected chi connectivity index (χ2v) is 3.93. The van der Waals surface area contributed by atoms with E-state index in [-0.39, 0.29) is 0 Å². The highest BCUT2D eigenvalue weighted by Crippen LogP contribution is 2.25. The Kier molecular flexibility index (Phi) is 2.84. The van der Waals surface area contributed by atoms with Gasteiger partial charge < -0.3 is 10.3 Å².